The molecule has 2 aromatic heterocycles. The first-order chi connectivity index (χ1) is 29.0. The molecule has 0 bridgehead atoms. The summed E-state index contributed by atoms with van der Waals surface area (Å²) < 4.78 is 19.9. The van der Waals surface area contributed by atoms with Gasteiger partial charge in [0.2, 0.25) is 0 Å². The summed E-state index contributed by atoms with van der Waals surface area (Å²) in [5.74, 6) is -1.43. The monoisotopic (exact) mass is 814 g/mol. The Balaban J connectivity index is 0.000000232. The Morgan fingerprint density at radius 1 is 0.650 bits per heavy atom. The van der Waals surface area contributed by atoms with Crippen molar-refractivity contribution in [2.24, 2.45) is 0 Å². The van der Waals surface area contributed by atoms with Gasteiger partial charge in [-0.1, -0.05) is 72.8 Å². The predicted octanol–water partition coefficient (Wildman–Crippen LogP) is 6.98. The van der Waals surface area contributed by atoms with E-state index in [9.17, 15) is 19.2 Å². The second-order valence-electron chi connectivity index (χ2n) is 13.2. The fourth-order valence-electron chi connectivity index (χ4n) is 5.84. The number of aliphatic carboxylic acids is 1. The van der Waals surface area contributed by atoms with Gasteiger partial charge < -0.3 is 44.7 Å². The van der Waals surface area contributed by atoms with Crippen molar-refractivity contribution in [3.05, 3.63) is 156 Å². The highest BCUT2D eigenvalue weighted by Gasteiger charge is 2.19. The highest BCUT2D eigenvalue weighted by Crippen LogP contribution is 2.24. The number of carbonyl (C=O) groups excluding carboxylic acids is 3. The van der Waals surface area contributed by atoms with Gasteiger partial charge in [0.1, 0.15) is 34.3 Å². The number of hydrogen-bond acceptors (Lipinski definition) is 12. The largest absolute Gasteiger partial charge is 0.496 e. The van der Waals surface area contributed by atoms with E-state index in [0.717, 1.165) is 45.3 Å². The highest BCUT2D eigenvalue weighted by atomic mass is 16.6. The van der Waals surface area contributed by atoms with Crippen molar-refractivity contribution < 1.29 is 43.2 Å². The van der Waals surface area contributed by atoms with Crippen molar-refractivity contribution in [2.45, 2.75) is 39.0 Å². The molecule has 15 nitrogen and oxygen atoms in total. The van der Waals surface area contributed by atoms with E-state index < -0.39 is 23.9 Å². The number of methoxy groups -OCH3 is 3. The van der Waals surface area contributed by atoms with Crippen LogP contribution in [0, 0.1) is 0 Å². The molecule has 5 N–H and O–H groups in total. The average Bonchev–Trinajstić information content (AvgIpc) is 3.99. The van der Waals surface area contributed by atoms with Gasteiger partial charge in [-0.2, -0.15) is 0 Å². The number of esters is 3. The number of ether oxygens (including phenoxy) is 4. The molecule has 6 aromatic rings. The van der Waals surface area contributed by atoms with Gasteiger partial charge >= 0.3 is 23.9 Å². The molecule has 0 aliphatic heterocycles. The van der Waals surface area contributed by atoms with Gasteiger partial charge in [0.25, 0.3) is 0 Å². The van der Waals surface area contributed by atoms with Crippen molar-refractivity contribution in [3.8, 4) is 34.0 Å². The van der Waals surface area contributed by atoms with Gasteiger partial charge in [0.05, 0.1) is 44.8 Å². The highest BCUT2D eigenvalue weighted by molar-refractivity contribution is 6.03. The van der Waals surface area contributed by atoms with Crippen molar-refractivity contribution in [3.63, 3.8) is 0 Å². The molecule has 6 rings (SSSR count). The Morgan fingerprint density at radius 2 is 1.10 bits per heavy atom. The lowest BCUT2D eigenvalue weighted by molar-refractivity contribution is -0.134. The molecule has 0 aliphatic rings. The number of imidazole rings is 2. The Kier molecular flexibility index (Phi) is 15.6. The SMILES string of the molecule is COC(=O)c1cc(CN[C@@H](C)c2nc(-c3ccccc3)c[nH]2)ccc1OC.COc1ccc(CN[C@@H](C)c2nc(-c3ccccc3)c[nH]2)cc1C(=O)OC(=O)/C=C\C(=O)O. The van der Waals surface area contributed by atoms with Gasteiger partial charge in [0.15, 0.2) is 0 Å². The fourth-order valence-corrected chi connectivity index (χ4v) is 5.84. The standard InChI is InChI=1S/C24H23N3O6.C21H23N3O3/c1-15(23-26-14-19(27-23)17-6-4-3-5-7-17)25-13-16-8-9-20(32-2)18(12-16)24(31)33-22(30)11-10-21(28)29;1-14(20-23-13-18(24-20)16-7-5-4-6-8-16)22-12-15-9-10-19(26-2)17(11-15)21(25)27-3/h3-12,14-15,25H,13H2,1-2H3,(H,26,27)(H,28,29);4-11,13-14,22H,12H2,1-3H3,(H,23,24)/b11-10-;/t15-;14-/m00/s1. The smallest absolute Gasteiger partial charge is 0.349 e. The van der Waals surface area contributed by atoms with Gasteiger partial charge in [-0.25, -0.2) is 29.1 Å². The zero-order chi connectivity index (χ0) is 43.0. The van der Waals surface area contributed by atoms with Crippen molar-refractivity contribution >= 4 is 23.9 Å². The minimum absolute atomic E-state index is 0.0196. The van der Waals surface area contributed by atoms with Crippen LogP contribution in [0.2, 0.25) is 0 Å². The molecular formula is C45H46N6O9. The third-order valence-corrected chi connectivity index (χ3v) is 9.09. The quantitative estimate of drug-likeness (QED) is 0.0380. The van der Waals surface area contributed by atoms with E-state index in [1.165, 1.54) is 21.3 Å². The third-order valence-electron chi connectivity index (χ3n) is 9.09. The first-order valence-electron chi connectivity index (χ1n) is 18.8. The molecular weight excluding hydrogens is 769 g/mol. The molecule has 0 saturated heterocycles. The van der Waals surface area contributed by atoms with E-state index in [1.54, 1.807) is 30.3 Å². The Hall–Kier alpha value is -7.36. The minimum Gasteiger partial charge on any atom is -0.496 e. The number of carboxylic acids is 1. The number of rotatable bonds is 16. The molecule has 15 heteroatoms. The maximum Gasteiger partial charge on any atom is 0.349 e. The molecule has 2 heterocycles. The van der Waals surface area contributed by atoms with Crippen LogP contribution in [-0.4, -0.2) is 70.2 Å². The number of carboxylic acid groups (broad SMARTS) is 1. The minimum atomic E-state index is -1.33. The van der Waals surface area contributed by atoms with Crippen LogP contribution in [-0.2, 0) is 32.2 Å². The molecule has 4 aromatic carbocycles. The van der Waals surface area contributed by atoms with E-state index in [1.807, 2.05) is 93.0 Å². The average molecular weight is 815 g/mol. The molecule has 60 heavy (non-hydrogen) atoms. The molecule has 0 radical (unpaired) electrons. The first-order valence-corrected chi connectivity index (χ1v) is 18.8. The van der Waals surface area contributed by atoms with Crippen molar-refractivity contribution in [1.29, 1.82) is 0 Å². The van der Waals surface area contributed by atoms with E-state index in [2.05, 4.69) is 35.3 Å². The summed E-state index contributed by atoms with van der Waals surface area (Å²) in [4.78, 5) is 62.1. The maximum absolute atomic E-state index is 12.4. The van der Waals surface area contributed by atoms with Gasteiger partial charge in [0, 0.05) is 48.8 Å². The Bertz CT molecular complexity index is 2410. The fraction of sp³-hybridized carbons (Fsp3) is 0.200. The number of benzene rings is 4. The predicted molar refractivity (Wildman–Crippen MR) is 223 cm³/mol. The molecule has 310 valence electrons. The van der Waals surface area contributed by atoms with Crippen LogP contribution >= 0.6 is 0 Å². The van der Waals surface area contributed by atoms with E-state index in [4.69, 9.17) is 19.3 Å². The molecule has 2 atom stereocenters. The molecule has 0 aliphatic carbocycles. The van der Waals surface area contributed by atoms with Crippen LogP contribution in [0.3, 0.4) is 0 Å². The number of carbonyl (C=O) groups is 4. The summed E-state index contributed by atoms with van der Waals surface area (Å²) in [7, 11) is 4.28. The van der Waals surface area contributed by atoms with Gasteiger partial charge in [-0.3, -0.25) is 0 Å². The summed E-state index contributed by atoms with van der Waals surface area (Å²) in [5, 5.41) is 15.3. The summed E-state index contributed by atoms with van der Waals surface area (Å²) in [6, 6.07) is 30.2. The van der Waals surface area contributed by atoms with Crippen LogP contribution in [0.25, 0.3) is 22.5 Å². The number of nitrogens with one attached hydrogen (secondary N) is 4. The molecule has 0 saturated carbocycles. The second kappa shape index (κ2) is 21.4. The lowest BCUT2D eigenvalue weighted by Crippen LogP contribution is -2.20. The molecule has 0 spiro atoms. The number of hydrogen-bond donors (Lipinski definition) is 5. The maximum atomic E-state index is 12.4. The Labute approximate surface area is 346 Å². The molecule has 0 fully saturated rings. The topological polar surface area (TPSA) is 207 Å². The van der Waals surface area contributed by atoms with Crippen molar-refractivity contribution in [1.82, 2.24) is 30.6 Å². The molecule has 0 unspecified atom stereocenters. The van der Waals surface area contributed by atoms with Crippen LogP contribution in [0.1, 0.15) is 69.4 Å². The molecule has 0 amide bonds. The number of nitrogens with zero attached hydrogens (tertiary/aromatic N) is 2. The normalized spacial score (nSPS) is 11.8. The first kappa shape index (κ1) is 43.8. The number of H-pyrrole nitrogens is 2. The van der Waals surface area contributed by atoms with E-state index >= 15 is 0 Å². The second-order valence-corrected chi connectivity index (χ2v) is 13.2. The van der Waals surface area contributed by atoms with Crippen molar-refractivity contribution in [2.75, 3.05) is 21.3 Å². The lowest BCUT2D eigenvalue weighted by atomic mass is 10.1. The van der Waals surface area contributed by atoms with Crippen LogP contribution in [0.5, 0.6) is 11.5 Å². The summed E-state index contributed by atoms with van der Waals surface area (Å²) in [6.45, 7) is 4.98. The van der Waals surface area contributed by atoms with Crippen LogP contribution < -0.4 is 20.1 Å². The lowest BCUT2D eigenvalue weighted by Gasteiger charge is -2.13. The number of aromatic nitrogens is 4. The van der Waals surface area contributed by atoms with Gasteiger partial charge in [-0.15, -0.1) is 0 Å². The van der Waals surface area contributed by atoms with Crippen LogP contribution in [0.4, 0.5) is 0 Å². The summed E-state index contributed by atoms with van der Waals surface area (Å²) in [5.41, 5.74) is 6.01. The van der Waals surface area contributed by atoms with Gasteiger partial charge in [-0.05, 0) is 49.2 Å². The number of aromatic amines is 2. The zero-order valence-corrected chi connectivity index (χ0v) is 33.7. The summed E-state index contributed by atoms with van der Waals surface area (Å²) in [6.07, 6.45) is 5.00. The van der Waals surface area contributed by atoms with E-state index in [0.29, 0.717) is 36.6 Å². The zero-order valence-electron chi connectivity index (χ0n) is 33.7. The Morgan fingerprint density at radius 3 is 1.52 bits per heavy atom. The third kappa shape index (κ3) is 12.1. The van der Waals surface area contributed by atoms with E-state index in [-0.39, 0.29) is 23.4 Å². The summed E-state index contributed by atoms with van der Waals surface area (Å²) >= 11 is 0. The van der Waals surface area contributed by atoms with Crippen LogP contribution in [0.15, 0.2) is 122 Å².